The molecular weight excluding hydrogens is 424 g/mol. The molecule has 12 heteroatoms. The van der Waals surface area contributed by atoms with Crippen molar-refractivity contribution >= 4 is 28.9 Å². The van der Waals surface area contributed by atoms with Crippen LogP contribution < -0.4 is 5.73 Å². The van der Waals surface area contributed by atoms with Gasteiger partial charge in [-0.15, -0.1) is 0 Å². The molecule has 1 fully saturated rings. The molecule has 1 saturated carbocycles. The molecule has 0 aliphatic heterocycles. The van der Waals surface area contributed by atoms with Crippen LogP contribution in [0.4, 0.5) is 5.69 Å². The predicted molar refractivity (Wildman–Crippen MR) is 106 cm³/mol. The van der Waals surface area contributed by atoms with Crippen LogP contribution in [0.1, 0.15) is 30.4 Å². The fourth-order valence-electron chi connectivity index (χ4n) is 5.12. The molecule has 12 nitrogen and oxygen atoms in total. The van der Waals surface area contributed by atoms with Crippen molar-refractivity contribution in [3.8, 4) is 5.75 Å². The molecule has 1 aromatic rings. The Morgan fingerprint density at radius 2 is 1.94 bits per heavy atom. The number of aromatic hydroxyl groups is 1. The van der Waals surface area contributed by atoms with E-state index in [2.05, 4.69) is 10.0 Å². The normalized spacial score (nSPS) is 31.5. The first-order valence-corrected chi connectivity index (χ1v) is 9.54. The van der Waals surface area contributed by atoms with Gasteiger partial charge in [-0.05, 0) is 23.1 Å². The van der Waals surface area contributed by atoms with E-state index in [1.54, 1.807) is 6.92 Å². The van der Waals surface area contributed by atoms with Crippen LogP contribution in [0.5, 0.6) is 5.75 Å². The SMILES string of the molecule is C[C@H]1c2ccc(N=[N+]=[N-])c(O)c2C(O)=C2C(=O)[C@]3(O)C(O)=C(C(N)=O)C(=O)CC3[C@H](O)C21. The monoisotopic (exact) mass is 442 g/mol. The van der Waals surface area contributed by atoms with Gasteiger partial charge in [-0.3, -0.25) is 14.4 Å². The minimum absolute atomic E-state index is 0.230. The zero-order valence-corrected chi connectivity index (χ0v) is 16.6. The van der Waals surface area contributed by atoms with Crippen molar-refractivity contribution in [2.24, 2.45) is 22.7 Å². The van der Waals surface area contributed by atoms with Crippen molar-refractivity contribution < 1.29 is 39.9 Å². The van der Waals surface area contributed by atoms with Gasteiger partial charge >= 0.3 is 0 Å². The topological polar surface area (TPSA) is 227 Å². The van der Waals surface area contributed by atoms with Crippen molar-refractivity contribution in [3.05, 3.63) is 50.6 Å². The Balaban J connectivity index is 2.02. The molecule has 2 unspecified atom stereocenters. The number of amides is 1. The second-order valence-corrected chi connectivity index (χ2v) is 8.07. The molecule has 0 aromatic heterocycles. The number of carbonyl (C=O) groups is 3. The van der Waals surface area contributed by atoms with Gasteiger partial charge in [0.15, 0.2) is 11.4 Å². The van der Waals surface area contributed by atoms with Gasteiger partial charge in [0.25, 0.3) is 5.91 Å². The first-order valence-electron chi connectivity index (χ1n) is 9.54. The summed E-state index contributed by atoms with van der Waals surface area (Å²) in [5, 5.41) is 57.6. The Morgan fingerprint density at radius 1 is 1.28 bits per heavy atom. The van der Waals surface area contributed by atoms with Crippen molar-refractivity contribution in [1.82, 2.24) is 0 Å². The first kappa shape index (κ1) is 21.4. The summed E-state index contributed by atoms with van der Waals surface area (Å²) >= 11 is 0. The fraction of sp³-hybridized carbons (Fsp3) is 0.350. The number of phenols is 1. The number of phenolic OH excluding ortho intramolecular Hbond substituents is 1. The quantitative estimate of drug-likeness (QED) is 0.166. The highest BCUT2D eigenvalue weighted by atomic mass is 16.4. The zero-order chi connectivity index (χ0) is 23.7. The van der Waals surface area contributed by atoms with E-state index >= 15 is 0 Å². The lowest BCUT2D eigenvalue weighted by Gasteiger charge is -2.50. The lowest BCUT2D eigenvalue weighted by Crippen LogP contribution is -2.63. The molecule has 4 rings (SSSR count). The molecule has 166 valence electrons. The summed E-state index contributed by atoms with van der Waals surface area (Å²) in [6, 6.07) is 2.75. The van der Waals surface area contributed by atoms with E-state index in [-0.39, 0.29) is 11.3 Å². The smallest absolute Gasteiger partial charge is 0.255 e. The summed E-state index contributed by atoms with van der Waals surface area (Å²) in [6.45, 7) is 1.60. The van der Waals surface area contributed by atoms with Gasteiger partial charge in [-0.1, -0.05) is 18.1 Å². The summed E-state index contributed by atoms with van der Waals surface area (Å²) in [5.74, 6) is -9.57. The minimum Gasteiger partial charge on any atom is -0.508 e. The van der Waals surface area contributed by atoms with Crippen LogP contribution in [0.3, 0.4) is 0 Å². The van der Waals surface area contributed by atoms with Gasteiger partial charge in [-0.2, -0.15) is 0 Å². The highest BCUT2D eigenvalue weighted by molar-refractivity contribution is 6.23. The van der Waals surface area contributed by atoms with Crippen LogP contribution in [0, 0.1) is 11.8 Å². The third-order valence-electron chi connectivity index (χ3n) is 6.63. The fourth-order valence-corrected chi connectivity index (χ4v) is 5.12. The number of Topliss-reactive ketones (excluding diaryl/α,β-unsaturated/α-hetero) is 2. The van der Waals surface area contributed by atoms with E-state index in [9.17, 15) is 39.9 Å². The number of azide groups is 1. The van der Waals surface area contributed by atoms with Gasteiger partial charge in [-0.25, -0.2) is 0 Å². The van der Waals surface area contributed by atoms with E-state index in [4.69, 9.17) is 11.3 Å². The average Bonchev–Trinajstić information content (AvgIpc) is 2.72. The Kier molecular flexibility index (Phi) is 4.56. The lowest BCUT2D eigenvalue weighted by molar-refractivity contribution is -0.160. The number of hydrogen-bond donors (Lipinski definition) is 6. The number of rotatable bonds is 2. The summed E-state index contributed by atoms with van der Waals surface area (Å²) < 4.78 is 0. The summed E-state index contributed by atoms with van der Waals surface area (Å²) in [6.07, 6.45) is -2.24. The molecule has 0 radical (unpaired) electrons. The molecular formula is C20H18N4O8. The molecule has 0 spiro atoms. The number of nitrogens with zero attached hydrogens (tertiary/aromatic N) is 3. The number of nitrogens with two attached hydrogens (primary N) is 1. The maximum Gasteiger partial charge on any atom is 0.255 e. The number of primary amides is 1. The zero-order valence-electron chi connectivity index (χ0n) is 16.6. The third-order valence-corrected chi connectivity index (χ3v) is 6.63. The number of aliphatic hydroxyl groups is 4. The van der Waals surface area contributed by atoms with E-state index < -0.39 is 81.8 Å². The second-order valence-electron chi connectivity index (χ2n) is 8.07. The highest BCUT2D eigenvalue weighted by Gasteiger charge is 2.64. The first-order chi connectivity index (χ1) is 15.0. The maximum absolute atomic E-state index is 13.4. The van der Waals surface area contributed by atoms with Crippen LogP contribution >= 0.6 is 0 Å². The molecule has 7 N–H and O–H groups in total. The van der Waals surface area contributed by atoms with Crippen molar-refractivity contribution in [2.45, 2.75) is 31.0 Å². The number of aliphatic hydroxyl groups excluding tert-OH is 3. The summed E-state index contributed by atoms with van der Waals surface area (Å²) in [4.78, 5) is 40.0. The van der Waals surface area contributed by atoms with E-state index in [0.29, 0.717) is 5.56 Å². The van der Waals surface area contributed by atoms with Crippen molar-refractivity contribution in [3.63, 3.8) is 0 Å². The second kappa shape index (κ2) is 6.82. The number of hydrogen-bond acceptors (Lipinski definition) is 9. The minimum atomic E-state index is -2.90. The molecule has 1 aromatic carbocycles. The Labute approximate surface area is 179 Å². The van der Waals surface area contributed by atoms with Gasteiger partial charge in [0.2, 0.25) is 5.78 Å². The molecule has 0 heterocycles. The molecule has 5 atom stereocenters. The Bertz CT molecular complexity index is 1230. The van der Waals surface area contributed by atoms with E-state index in [0.717, 1.165) is 0 Å². The van der Waals surface area contributed by atoms with Crippen molar-refractivity contribution in [1.29, 1.82) is 0 Å². The average molecular weight is 442 g/mol. The van der Waals surface area contributed by atoms with E-state index in [1.165, 1.54) is 12.1 Å². The molecule has 32 heavy (non-hydrogen) atoms. The Morgan fingerprint density at radius 3 is 2.53 bits per heavy atom. The van der Waals surface area contributed by atoms with Gasteiger partial charge in [0, 0.05) is 28.7 Å². The van der Waals surface area contributed by atoms with Crippen LogP contribution in [0.15, 0.2) is 34.2 Å². The standard InChI is InChI=1S/C20H18N4O8/c1-5-6-2-3-8(23-24-22)15(27)11(6)16(28)13-10(5)14(26)7-4-9(25)12(19(21)31)17(29)20(7,32)18(13)30/h2-3,5,7,10,14,26-29,32H,4H2,1H3,(H2,21,31)/t5-,7?,10?,14-,20+/m0/s1. The van der Waals surface area contributed by atoms with E-state index in [1.807, 2.05) is 0 Å². The third kappa shape index (κ3) is 2.45. The molecule has 0 saturated heterocycles. The van der Waals surface area contributed by atoms with Crippen molar-refractivity contribution in [2.75, 3.05) is 0 Å². The number of benzene rings is 1. The number of fused-ring (bicyclic) bond motifs is 3. The molecule has 3 aliphatic carbocycles. The van der Waals surface area contributed by atoms with Crippen LogP contribution in [-0.2, 0) is 14.4 Å². The van der Waals surface area contributed by atoms with Gasteiger partial charge in [0.1, 0.15) is 22.8 Å². The largest absolute Gasteiger partial charge is 0.508 e. The number of ketones is 2. The summed E-state index contributed by atoms with van der Waals surface area (Å²) in [5.41, 5.74) is 9.29. The molecule has 3 aliphatic rings. The van der Waals surface area contributed by atoms with Gasteiger partial charge in [0.05, 0.1) is 17.4 Å². The maximum atomic E-state index is 13.4. The molecule has 0 bridgehead atoms. The Hall–Kier alpha value is -3.86. The van der Waals surface area contributed by atoms with Gasteiger partial charge < -0.3 is 31.3 Å². The summed E-state index contributed by atoms with van der Waals surface area (Å²) in [7, 11) is 0. The van der Waals surface area contributed by atoms with Crippen LogP contribution in [0.25, 0.3) is 16.2 Å². The van der Waals surface area contributed by atoms with Crippen LogP contribution in [0.2, 0.25) is 0 Å². The van der Waals surface area contributed by atoms with Crippen LogP contribution in [-0.4, -0.2) is 54.7 Å². The lowest BCUT2D eigenvalue weighted by atomic mass is 9.55. The predicted octanol–water partition coefficient (Wildman–Crippen LogP) is 0.898. The molecule has 1 amide bonds. The highest BCUT2D eigenvalue weighted by Crippen LogP contribution is 2.56. The number of carbonyl (C=O) groups excluding carboxylic acids is 3.